The Morgan fingerprint density at radius 2 is 1.50 bits per heavy atom. The predicted octanol–water partition coefficient (Wildman–Crippen LogP) is 1.81. The van der Waals surface area contributed by atoms with Crippen LogP contribution in [0.1, 0.15) is 0 Å². The second-order valence-electron chi connectivity index (χ2n) is 2.56. The van der Waals surface area contributed by atoms with Crippen molar-refractivity contribution >= 4 is 12.9 Å². The van der Waals surface area contributed by atoms with E-state index < -0.39 is 7.60 Å². The van der Waals surface area contributed by atoms with Crippen molar-refractivity contribution in [3.63, 3.8) is 0 Å². The third kappa shape index (κ3) is 2.15. The number of hydrogen-bond acceptors (Lipinski definition) is 4. The zero-order chi connectivity index (χ0) is 10.6. The molecule has 5 heteroatoms. The summed E-state index contributed by atoms with van der Waals surface area (Å²) < 4.78 is 26.5. The Morgan fingerprint density at radius 3 is 1.86 bits per heavy atom. The Labute approximate surface area is 83.3 Å². The van der Waals surface area contributed by atoms with Crippen molar-refractivity contribution in [2.45, 2.75) is 0 Å². The van der Waals surface area contributed by atoms with Gasteiger partial charge in [-0.15, -0.1) is 0 Å². The molecular weight excluding hydrogens is 203 g/mol. The van der Waals surface area contributed by atoms with Crippen LogP contribution in [0.3, 0.4) is 0 Å². The SMILES string of the molecule is COc1ccc(P(=O)(OC)OC)cc1. The summed E-state index contributed by atoms with van der Waals surface area (Å²) in [6, 6.07) is 6.74. The molecule has 0 aliphatic carbocycles. The molecular formula is C9H13O4P. The normalized spacial score (nSPS) is 11.4. The summed E-state index contributed by atoms with van der Waals surface area (Å²) in [5.74, 6) is 0.701. The highest BCUT2D eigenvalue weighted by atomic mass is 31.2. The first-order chi connectivity index (χ1) is 6.66. The minimum Gasteiger partial charge on any atom is -0.497 e. The van der Waals surface area contributed by atoms with Gasteiger partial charge in [-0.25, -0.2) is 0 Å². The van der Waals surface area contributed by atoms with E-state index in [0.717, 1.165) is 0 Å². The lowest BCUT2D eigenvalue weighted by molar-refractivity contribution is 0.287. The van der Waals surface area contributed by atoms with Gasteiger partial charge in [0.25, 0.3) is 0 Å². The first-order valence-electron chi connectivity index (χ1n) is 4.02. The third-order valence-corrected chi connectivity index (χ3v) is 3.76. The van der Waals surface area contributed by atoms with Crippen LogP contribution in [-0.2, 0) is 13.6 Å². The molecule has 1 rings (SSSR count). The molecule has 0 unspecified atom stereocenters. The second kappa shape index (κ2) is 4.60. The fraction of sp³-hybridized carbons (Fsp3) is 0.333. The molecule has 0 N–H and O–H groups in total. The molecule has 0 fully saturated rings. The summed E-state index contributed by atoms with van der Waals surface area (Å²) >= 11 is 0. The van der Waals surface area contributed by atoms with Gasteiger partial charge >= 0.3 is 7.60 Å². The van der Waals surface area contributed by atoms with E-state index >= 15 is 0 Å². The number of benzene rings is 1. The molecule has 0 aliphatic rings. The average molecular weight is 216 g/mol. The van der Waals surface area contributed by atoms with E-state index in [9.17, 15) is 4.57 Å². The van der Waals surface area contributed by atoms with Gasteiger partial charge in [-0.2, -0.15) is 0 Å². The monoisotopic (exact) mass is 216 g/mol. The number of hydrogen-bond donors (Lipinski definition) is 0. The van der Waals surface area contributed by atoms with Crippen molar-refractivity contribution in [3.05, 3.63) is 24.3 Å². The van der Waals surface area contributed by atoms with E-state index in [0.29, 0.717) is 11.1 Å². The van der Waals surface area contributed by atoms with E-state index in [1.54, 1.807) is 31.4 Å². The highest BCUT2D eigenvalue weighted by Crippen LogP contribution is 2.45. The molecule has 1 aromatic rings. The van der Waals surface area contributed by atoms with Crippen molar-refractivity contribution in [1.82, 2.24) is 0 Å². The fourth-order valence-corrected chi connectivity index (χ4v) is 2.14. The summed E-state index contributed by atoms with van der Waals surface area (Å²) in [6.07, 6.45) is 0. The molecule has 14 heavy (non-hydrogen) atoms. The topological polar surface area (TPSA) is 44.8 Å². The largest absolute Gasteiger partial charge is 0.497 e. The first-order valence-corrected chi connectivity index (χ1v) is 5.56. The van der Waals surface area contributed by atoms with Gasteiger partial charge < -0.3 is 13.8 Å². The Balaban J connectivity index is 3.01. The van der Waals surface area contributed by atoms with E-state index in [-0.39, 0.29) is 0 Å². The molecule has 0 aromatic heterocycles. The first kappa shape index (κ1) is 11.2. The summed E-state index contributed by atoms with van der Waals surface area (Å²) in [4.78, 5) is 0. The van der Waals surface area contributed by atoms with Crippen molar-refractivity contribution in [2.24, 2.45) is 0 Å². The van der Waals surface area contributed by atoms with Crippen molar-refractivity contribution in [3.8, 4) is 5.75 Å². The summed E-state index contributed by atoms with van der Waals surface area (Å²) in [7, 11) is 1.16. The van der Waals surface area contributed by atoms with Gasteiger partial charge in [-0.3, -0.25) is 4.57 Å². The minimum absolute atomic E-state index is 0.517. The van der Waals surface area contributed by atoms with Gasteiger partial charge in [0.15, 0.2) is 0 Å². The Hall–Kier alpha value is -0.830. The summed E-state index contributed by atoms with van der Waals surface area (Å²) in [5, 5.41) is 0.517. The summed E-state index contributed by atoms with van der Waals surface area (Å²) in [5.41, 5.74) is 0. The molecule has 0 saturated carbocycles. The number of rotatable bonds is 4. The van der Waals surface area contributed by atoms with Crippen LogP contribution in [-0.4, -0.2) is 21.3 Å². The van der Waals surface area contributed by atoms with Crippen LogP contribution in [0.15, 0.2) is 24.3 Å². The maximum Gasteiger partial charge on any atom is 0.360 e. The van der Waals surface area contributed by atoms with Crippen LogP contribution in [0.2, 0.25) is 0 Å². The van der Waals surface area contributed by atoms with Gasteiger partial charge in [0, 0.05) is 14.2 Å². The van der Waals surface area contributed by atoms with Crippen LogP contribution in [0, 0.1) is 0 Å². The van der Waals surface area contributed by atoms with E-state index in [2.05, 4.69) is 0 Å². The van der Waals surface area contributed by atoms with Crippen molar-refractivity contribution in [2.75, 3.05) is 21.3 Å². The highest BCUT2D eigenvalue weighted by Gasteiger charge is 2.23. The lowest BCUT2D eigenvalue weighted by Gasteiger charge is -2.13. The molecule has 0 bridgehead atoms. The molecule has 0 saturated heterocycles. The maximum atomic E-state index is 11.9. The van der Waals surface area contributed by atoms with E-state index in [1.165, 1.54) is 14.2 Å². The Kier molecular flexibility index (Phi) is 3.69. The number of ether oxygens (including phenoxy) is 1. The maximum absolute atomic E-state index is 11.9. The molecule has 0 atom stereocenters. The lowest BCUT2D eigenvalue weighted by Crippen LogP contribution is -2.07. The van der Waals surface area contributed by atoms with Crippen LogP contribution < -0.4 is 10.0 Å². The zero-order valence-electron chi connectivity index (χ0n) is 8.39. The molecule has 4 nitrogen and oxygen atoms in total. The molecule has 0 spiro atoms. The smallest absolute Gasteiger partial charge is 0.360 e. The number of methoxy groups -OCH3 is 1. The Morgan fingerprint density at radius 1 is 1.00 bits per heavy atom. The van der Waals surface area contributed by atoms with Crippen LogP contribution >= 0.6 is 7.60 Å². The lowest BCUT2D eigenvalue weighted by atomic mass is 10.3. The third-order valence-electron chi connectivity index (χ3n) is 1.87. The average Bonchev–Trinajstić information content (AvgIpc) is 2.28. The molecule has 0 heterocycles. The van der Waals surface area contributed by atoms with E-state index in [1.807, 2.05) is 0 Å². The van der Waals surface area contributed by atoms with Gasteiger partial charge in [0.2, 0.25) is 0 Å². The van der Waals surface area contributed by atoms with Crippen LogP contribution in [0.25, 0.3) is 0 Å². The molecule has 0 aliphatic heterocycles. The van der Waals surface area contributed by atoms with Gasteiger partial charge in [0.05, 0.1) is 12.4 Å². The minimum atomic E-state index is -3.12. The van der Waals surface area contributed by atoms with Crippen molar-refractivity contribution < 1.29 is 18.3 Å². The molecule has 0 amide bonds. The van der Waals surface area contributed by atoms with Gasteiger partial charge in [-0.1, -0.05) is 0 Å². The predicted molar refractivity (Wildman–Crippen MR) is 54.3 cm³/mol. The van der Waals surface area contributed by atoms with Crippen molar-refractivity contribution in [1.29, 1.82) is 0 Å². The fourth-order valence-electron chi connectivity index (χ4n) is 1.05. The zero-order valence-corrected chi connectivity index (χ0v) is 9.28. The van der Waals surface area contributed by atoms with E-state index in [4.69, 9.17) is 13.8 Å². The van der Waals surface area contributed by atoms with Gasteiger partial charge in [0.1, 0.15) is 5.75 Å². The standard InChI is InChI=1S/C9H13O4P/c1-11-8-4-6-9(7-5-8)14(10,12-2)13-3/h4-7H,1-3H3. The molecule has 0 radical (unpaired) electrons. The Bertz CT molecular complexity index is 325. The molecule has 1 aromatic carbocycles. The summed E-state index contributed by atoms with van der Waals surface area (Å²) in [6.45, 7) is 0. The quantitative estimate of drug-likeness (QED) is 0.720. The highest BCUT2D eigenvalue weighted by molar-refractivity contribution is 7.62. The second-order valence-corrected chi connectivity index (χ2v) is 4.80. The van der Waals surface area contributed by atoms with Crippen LogP contribution in [0.5, 0.6) is 5.75 Å². The van der Waals surface area contributed by atoms with Gasteiger partial charge in [-0.05, 0) is 24.3 Å². The van der Waals surface area contributed by atoms with Crippen LogP contribution in [0.4, 0.5) is 0 Å². The molecule has 78 valence electrons.